The van der Waals surface area contributed by atoms with E-state index in [9.17, 15) is 14.4 Å². The number of aromatic nitrogens is 1. The van der Waals surface area contributed by atoms with Crippen molar-refractivity contribution in [3.63, 3.8) is 0 Å². The highest BCUT2D eigenvalue weighted by Gasteiger charge is 2.20. The summed E-state index contributed by atoms with van der Waals surface area (Å²) in [5.74, 6) is -1.76. The highest BCUT2D eigenvalue weighted by molar-refractivity contribution is 5.96. The summed E-state index contributed by atoms with van der Waals surface area (Å²) in [5.41, 5.74) is 0.332. The van der Waals surface area contributed by atoms with Gasteiger partial charge >= 0.3 is 5.97 Å². The zero-order valence-electron chi connectivity index (χ0n) is 9.92. The molecule has 0 aliphatic heterocycles. The van der Waals surface area contributed by atoms with E-state index in [1.165, 1.54) is 31.5 Å². The molecule has 0 unspecified atom stereocenters. The number of pyridine rings is 1. The largest absolute Gasteiger partial charge is 0.480 e. The van der Waals surface area contributed by atoms with Gasteiger partial charge in [0, 0.05) is 24.4 Å². The quantitative estimate of drug-likeness (QED) is 0.772. The molecule has 18 heavy (non-hydrogen) atoms. The van der Waals surface area contributed by atoms with E-state index in [4.69, 9.17) is 5.11 Å². The second kappa shape index (κ2) is 6.48. The first kappa shape index (κ1) is 13.8. The first-order chi connectivity index (χ1) is 8.50. The number of carbonyl (C=O) groups is 3. The van der Waals surface area contributed by atoms with E-state index in [1.54, 1.807) is 0 Å². The predicted octanol–water partition coefficient (Wildman–Crippen LogP) is 0.634. The van der Waals surface area contributed by atoms with Crippen molar-refractivity contribution < 1.29 is 19.5 Å². The molecule has 0 aliphatic rings. The van der Waals surface area contributed by atoms with Crippen molar-refractivity contribution in [3.8, 4) is 0 Å². The second-order valence-electron chi connectivity index (χ2n) is 3.84. The van der Waals surface area contributed by atoms with E-state index in [0.717, 1.165) is 0 Å². The molecule has 0 aromatic carbocycles. The molecular weight excluding hydrogens is 236 g/mol. The van der Waals surface area contributed by atoms with E-state index in [2.05, 4.69) is 10.3 Å². The van der Waals surface area contributed by atoms with Crippen LogP contribution < -0.4 is 5.32 Å². The average molecular weight is 250 g/mol. The Balaban J connectivity index is 2.64. The van der Waals surface area contributed by atoms with E-state index in [-0.39, 0.29) is 18.6 Å². The van der Waals surface area contributed by atoms with Crippen molar-refractivity contribution in [1.82, 2.24) is 10.3 Å². The molecule has 6 nitrogen and oxygen atoms in total. The molecule has 0 saturated heterocycles. The van der Waals surface area contributed by atoms with Crippen LogP contribution >= 0.6 is 0 Å². The highest BCUT2D eigenvalue weighted by Crippen LogP contribution is 2.02. The van der Waals surface area contributed by atoms with Crippen molar-refractivity contribution in [2.24, 2.45) is 0 Å². The molecule has 0 spiro atoms. The number of carboxylic acid groups (broad SMARTS) is 1. The number of rotatable bonds is 6. The summed E-state index contributed by atoms with van der Waals surface area (Å²) in [6, 6.07) is 1.91. The number of carbonyl (C=O) groups excluding carboxylic acids is 2. The molecule has 0 fully saturated rings. The monoisotopic (exact) mass is 250 g/mol. The standard InChI is InChI=1S/C12H14N2O4/c1-8(15)2-3-10(12(17)18)14-11(16)9-4-6-13-7-5-9/h4-7,10H,2-3H2,1H3,(H,14,16)(H,17,18)/t10-/m0/s1. The minimum atomic E-state index is -1.15. The molecule has 96 valence electrons. The van der Waals surface area contributed by atoms with E-state index in [1.807, 2.05) is 0 Å². The molecule has 0 saturated carbocycles. The van der Waals surface area contributed by atoms with Crippen molar-refractivity contribution >= 4 is 17.7 Å². The number of hydrogen-bond donors (Lipinski definition) is 2. The number of amides is 1. The van der Waals surface area contributed by atoms with Crippen LogP contribution in [0.4, 0.5) is 0 Å². The van der Waals surface area contributed by atoms with Crippen LogP contribution in [0.2, 0.25) is 0 Å². The Bertz CT molecular complexity index is 445. The summed E-state index contributed by atoms with van der Waals surface area (Å²) in [7, 11) is 0. The topological polar surface area (TPSA) is 96.4 Å². The molecule has 0 aliphatic carbocycles. The van der Waals surface area contributed by atoms with Crippen LogP contribution in [0, 0.1) is 0 Å². The van der Waals surface area contributed by atoms with Gasteiger partial charge in [-0.3, -0.25) is 9.78 Å². The molecule has 2 N–H and O–H groups in total. The minimum absolute atomic E-state index is 0.0848. The normalized spacial score (nSPS) is 11.6. The van der Waals surface area contributed by atoms with Crippen molar-refractivity contribution in [2.45, 2.75) is 25.8 Å². The highest BCUT2D eigenvalue weighted by atomic mass is 16.4. The van der Waals surface area contributed by atoms with Gasteiger partial charge in [0.1, 0.15) is 11.8 Å². The van der Waals surface area contributed by atoms with Crippen LogP contribution in [0.3, 0.4) is 0 Å². The summed E-state index contributed by atoms with van der Waals surface area (Å²) in [4.78, 5) is 37.2. The van der Waals surface area contributed by atoms with Gasteiger partial charge in [0.05, 0.1) is 0 Å². The Labute approximate surface area is 104 Å². The maximum Gasteiger partial charge on any atom is 0.326 e. The lowest BCUT2D eigenvalue weighted by Gasteiger charge is -2.13. The van der Waals surface area contributed by atoms with Gasteiger partial charge in [0.15, 0.2) is 0 Å². The van der Waals surface area contributed by atoms with Crippen LogP contribution in [0.5, 0.6) is 0 Å². The third-order valence-corrected chi connectivity index (χ3v) is 2.33. The van der Waals surface area contributed by atoms with E-state index < -0.39 is 17.9 Å². The molecule has 1 heterocycles. The maximum atomic E-state index is 11.7. The zero-order valence-corrected chi connectivity index (χ0v) is 9.92. The molecule has 0 bridgehead atoms. The van der Waals surface area contributed by atoms with Crippen LogP contribution in [0.15, 0.2) is 24.5 Å². The fourth-order valence-electron chi connectivity index (χ4n) is 1.35. The molecular formula is C12H14N2O4. The van der Waals surface area contributed by atoms with Crippen molar-refractivity contribution in [1.29, 1.82) is 0 Å². The van der Waals surface area contributed by atoms with E-state index >= 15 is 0 Å². The van der Waals surface area contributed by atoms with Gasteiger partial charge in [-0.05, 0) is 25.5 Å². The fraction of sp³-hybridized carbons (Fsp3) is 0.333. The van der Waals surface area contributed by atoms with Gasteiger partial charge in [0.2, 0.25) is 0 Å². The minimum Gasteiger partial charge on any atom is -0.480 e. The molecule has 1 atom stereocenters. The van der Waals surface area contributed by atoms with Crippen molar-refractivity contribution in [3.05, 3.63) is 30.1 Å². The lowest BCUT2D eigenvalue weighted by atomic mass is 10.1. The predicted molar refractivity (Wildman–Crippen MR) is 63.0 cm³/mol. The number of aliphatic carboxylic acids is 1. The smallest absolute Gasteiger partial charge is 0.326 e. The second-order valence-corrected chi connectivity index (χ2v) is 3.84. The van der Waals surface area contributed by atoms with Gasteiger partial charge in [0.25, 0.3) is 5.91 Å². The molecule has 6 heteroatoms. The SMILES string of the molecule is CC(=O)CC[C@H](NC(=O)c1ccncc1)C(=O)O. The third kappa shape index (κ3) is 4.32. The number of carboxylic acids is 1. The summed E-state index contributed by atoms with van der Waals surface area (Å²) in [6.45, 7) is 1.38. The Morgan fingerprint density at radius 1 is 1.33 bits per heavy atom. The number of ketones is 1. The Morgan fingerprint density at radius 3 is 2.44 bits per heavy atom. The Kier molecular flexibility index (Phi) is 4.98. The molecule has 0 radical (unpaired) electrons. The fourth-order valence-corrected chi connectivity index (χ4v) is 1.35. The Morgan fingerprint density at radius 2 is 1.94 bits per heavy atom. The lowest BCUT2D eigenvalue weighted by molar-refractivity contribution is -0.139. The van der Waals surface area contributed by atoms with E-state index in [0.29, 0.717) is 5.56 Å². The molecule has 1 rings (SSSR count). The number of nitrogens with zero attached hydrogens (tertiary/aromatic N) is 1. The van der Waals surface area contributed by atoms with Crippen LogP contribution in [0.1, 0.15) is 30.1 Å². The first-order valence-corrected chi connectivity index (χ1v) is 5.44. The lowest BCUT2D eigenvalue weighted by Crippen LogP contribution is -2.41. The van der Waals surface area contributed by atoms with Crippen LogP contribution in [-0.4, -0.2) is 33.8 Å². The number of hydrogen-bond acceptors (Lipinski definition) is 4. The summed E-state index contributed by atoms with van der Waals surface area (Å²) in [5, 5.41) is 11.3. The summed E-state index contributed by atoms with van der Waals surface area (Å²) in [6.07, 6.45) is 3.09. The van der Waals surface area contributed by atoms with Crippen LogP contribution in [-0.2, 0) is 9.59 Å². The molecule has 1 aromatic heterocycles. The molecule has 1 aromatic rings. The molecule has 1 amide bonds. The maximum absolute atomic E-state index is 11.7. The third-order valence-electron chi connectivity index (χ3n) is 2.33. The van der Waals surface area contributed by atoms with Gasteiger partial charge < -0.3 is 15.2 Å². The summed E-state index contributed by atoms with van der Waals surface area (Å²) < 4.78 is 0. The number of Topliss-reactive ketones (excluding diaryl/α,β-unsaturated/α-hetero) is 1. The van der Waals surface area contributed by atoms with Gasteiger partial charge in [-0.1, -0.05) is 0 Å². The van der Waals surface area contributed by atoms with Crippen LogP contribution in [0.25, 0.3) is 0 Å². The van der Waals surface area contributed by atoms with Crippen molar-refractivity contribution in [2.75, 3.05) is 0 Å². The average Bonchev–Trinajstić information content (AvgIpc) is 2.34. The number of nitrogens with one attached hydrogen (secondary N) is 1. The van der Waals surface area contributed by atoms with Gasteiger partial charge in [-0.2, -0.15) is 0 Å². The zero-order chi connectivity index (χ0) is 13.5. The van der Waals surface area contributed by atoms with Gasteiger partial charge in [-0.15, -0.1) is 0 Å². The van der Waals surface area contributed by atoms with Gasteiger partial charge in [-0.25, -0.2) is 4.79 Å². The summed E-state index contributed by atoms with van der Waals surface area (Å²) >= 11 is 0. The Hall–Kier alpha value is -2.24. The first-order valence-electron chi connectivity index (χ1n) is 5.44.